The predicted molar refractivity (Wildman–Crippen MR) is 59.8 cm³/mol. The first-order chi connectivity index (χ1) is 6.93. The van der Waals surface area contributed by atoms with E-state index in [0.29, 0.717) is 5.75 Å². The summed E-state index contributed by atoms with van der Waals surface area (Å²) in [5, 5.41) is 0. The average Bonchev–Trinajstić information content (AvgIpc) is 2.17. The maximum absolute atomic E-state index is 10.9. The van der Waals surface area contributed by atoms with Crippen molar-refractivity contribution < 1.29 is 13.2 Å². The van der Waals surface area contributed by atoms with Gasteiger partial charge in [-0.05, 0) is 31.2 Å². The molecule has 82 valence electrons. The van der Waals surface area contributed by atoms with E-state index in [-0.39, 0.29) is 11.0 Å². The second-order valence-electron chi connectivity index (χ2n) is 2.97. The van der Waals surface area contributed by atoms with Crippen molar-refractivity contribution in [3.05, 3.63) is 36.9 Å². The Morgan fingerprint density at radius 3 is 2.33 bits per heavy atom. The highest BCUT2D eigenvalue weighted by Crippen LogP contribution is 2.19. The van der Waals surface area contributed by atoms with E-state index < -0.39 is 9.05 Å². The van der Waals surface area contributed by atoms with Crippen LogP contribution in [-0.4, -0.2) is 14.5 Å². The van der Waals surface area contributed by atoms with Crippen molar-refractivity contribution in [1.82, 2.24) is 0 Å². The van der Waals surface area contributed by atoms with E-state index in [2.05, 4.69) is 6.58 Å². The molecule has 0 radical (unpaired) electrons. The van der Waals surface area contributed by atoms with Crippen molar-refractivity contribution in [2.24, 2.45) is 0 Å². The van der Waals surface area contributed by atoms with Gasteiger partial charge in [0, 0.05) is 10.7 Å². The molecule has 0 aliphatic carbocycles. The van der Waals surface area contributed by atoms with Crippen LogP contribution in [-0.2, 0) is 9.05 Å². The molecule has 0 aliphatic rings. The van der Waals surface area contributed by atoms with Gasteiger partial charge < -0.3 is 4.74 Å². The zero-order valence-corrected chi connectivity index (χ0v) is 9.75. The van der Waals surface area contributed by atoms with Crippen LogP contribution in [0.4, 0.5) is 0 Å². The van der Waals surface area contributed by atoms with Crippen LogP contribution in [0.25, 0.3) is 0 Å². The largest absolute Gasteiger partial charge is 0.487 e. The molecular formula is C10H11ClO3S. The molecule has 0 N–H and O–H groups in total. The first kappa shape index (κ1) is 12.1. The van der Waals surface area contributed by atoms with E-state index in [4.69, 9.17) is 15.4 Å². The fourth-order valence-electron chi connectivity index (χ4n) is 0.944. The normalized spacial score (nSPS) is 13.2. The molecule has 0 spiro atoms. The topological polar surface area (TPSA) is 43.4 Å². The van der Waals surface area contributed by atoms with Crippen LogP contribution in [0.3, 0.4) is 0 Å². The quantitative estimate of drug-likeness (QED) is 0.606. The Bertz CT molecular complexity index is 436. The number of benzene rings is 1. The Labute approximate surface area is 93.7 Å². The minimum atomic E-state index is -3.66. The Morgan fingerprint density at radius 1 is 1.40 bits per heavy atom. The molecule has 0 saturated carbocycles. The highest BCUT2D eigenvalue weighted by molar-refractivity contribution is 8.13. The molecule has 5 heteroatoms. The van der Waals surface area contributed by atoms with Crippen molar-refractivity contribution in [3.63, 3.8) is 0 Å². The van der Waals surface area contributed by atoms with E-state index in [1.165, 1.54) is 12.1 Å². The van der Waals surface area contributed by atoms with Gasteiger partial charge in [-0.15, -0.1) is 0 Å². The van der Waals surface area contributed by atoms with Gasteiger partial charge in [0.05, 0.1) is 4.90 Å². The molecule has 0 aliphatic heterocycles. The Hall–Kier alpha value is -1.00. The van der Waals surface area contributed by atoms with Crippen LogP contribution < -0.4 is 4.74 Å². The Balaban J connectivity index is 2.86. The lowest BCUT2D eigenvalue weighted by atomic mass is 10.3. The van der Waals surface area contributed by atoms with Gasteiger partial charge in [0.2, 0.25) is 0 Å². The Kier molecular flexibility index (Phi) is 3.77. The van der Waals surface area contributed by atoms with Gasteiger partial charge in [0.25, 0.3) is 9.05 Å². The monoisotopic (exact) mass is 246 g/mol. The molecule has 15 heavy (non-hydrogen) atoms. The molecule has 1 aromatic carbocycles. The van der Waals surface area contributed by atoms with E-state index in [0.717, 1.165) is 0 Å². The van der Waals surface area contributed by atoms with E-state index >= 15 is 0 Å². The third-order valence-electron chi connectivity index (χ3n) is 1.76. The zero-order chi connectivity index (χ0) is 11.5. The lowest BCUT2D eigenvalue weighted by Gasteiger charge is -2.10. The van der Waals surface area contributed by atoms with Crippen molar-refractivity contribution in [2.75, 3.05) is 0 Å². The summed E-state index contributed by atoms with van der Waals surface area (Å²) in [6, 6.07) is 5.89. The van der Waals surface area contributed by atoms with Gasteiger partial charge in [-0.25, -0.2) is 8.42 Å². The minimum absolute atomic E-state index is 0.0581. The van der Waals surface area contributed by atoms with Crippen LogP contribution in [0.15, 0.2) is 41.8 Å². The second-order valence-corrected chi connectivity index (χ2v) is 5.53. The maximum Gasteiger partial charge on any atom is 0.261 e. The van der Waals surface area contributed by atoms with Crippen molar-refractivity contribution >= 4 is 19.7 Å². The van der Waals surface area contributed by atoms with E-state index in [1.54, 1.807) is 18.2 Å². The SMILES string of the molecule is C=CC(C)Oc1ccc(S(=O)(=O)Cl)cc1. The predicted octanol–water partition coefficient (Wildman–Crippen LogP) is 2.57. The molecule has 0 saturated heterocycles. The van der Waals surface area contributed by atoms with Crippen LogP contribution in [0.2, 0.25) is 0 Å². The lowest BCUT2D eigenvalue weighted by molar-refractivity contribution is 0.270. The summed E-state index contributed by atoms with van der Waals surface area (Å²) in [6.45, 7) is 5.40. The number of hydrogen-bond acceptors (Lipinski definition) is 3. The van der Waals surface area contributed by atoms with E-state index in [1.807, 2.05) is 6.92 Å². The standard InChI is InChI=1S/C10H11ClO3S/c1-3-8(2)14-9-4-6-10(7-5-9)15(11,12)13/h3-8H,1H2,2H3. The highest BCUT2D eigenvalue weighted by Gasteiger charge is 2.09. The van der Waals surface area contributed by atoms with Gasteiger partial charge in [-0.1, -0.05) is 12.7 Å². The van der Waals surface area contributed by atoms with Crippen LogP contribution in [0.1, 0.15) is 6.92 Å². The fraction of sp³-hybridized carbons (Fsp3) is 0.200. The van der Waals surface area contributed by atoms with Gasteiger partial charge in [0.1, 0.15) is 11.9 Å². The average molecular weight is 247 g/mol. The second kappa shape index (κ2) is 4.68. The van der Waals surface area contributed by atoms with Gasteiger partial charge in [-0.2, -0.15) is 0 Å². The summed E-state index contributed by atoms with van der Waals surface area (Å²) in [6.07, 6.45) is 1.52. The number of ether oxygens (including phenoxy) is 1. The van der Waals surface area contributed by atoms with Crippen molar-refractivity contribution in [2.45, 2.75) is 17.9 Å². The molecule has 0 heterocycles. The first-order valence-electron chi connectivity index (χ1n) is 4.27. The summed E-state index contributed by atoms with van der Waals surface area (Å²) in [5.74, 6) is 0.575. The molecule has 1 atom stereocenters. The van der Waals surface area contributed by atoms with Gasteiger partial charge in [-0.3, -0.25) is 0 Å². The summed E-state index contributed by atoms with van der Waals surface area (Å²) in [7, 11) is 1.50. The molecule has 0 bridgehead atoms. The summed E-state index contributed by atoms with van der Waals surface area (Å²) >= 11 is 0. The molecule has 3 nitrogen and oxygen atoms in total. The fourth-order valence-corrected chi connectivity index (χ4v) is 1.71. The lowest BCUT2D eigenvalue weighted by Crippen LogP contribution is -2.07. The number of rotatable bonds is 4. The zero-order valence-electron chi connectivity index (χ0n) is 8.18. The molecule has 0 aromatic heterocycles. The van der Waals surface area contributed by atoms with Gasteiger partial charge in [0.15, 0.2) is 0 Å². The molecule has 0 fully saturated rings. The third-order valence-corrected chi connectivity index (χ3v) is 3.13. The number of halogens is 1. The molecule has 1 aromatic rings. The molecule has 0 amide bonds. The van der Waals surface area contributed by atoms with Crippen LogP contribution in [0, 0.1) is 0 Å². The van der Waals surface area contributed by atoms with Crippen LogP contribution in [0.5, 0.6) is 5.75 Å². The van der Waals surface area contributed by atoms with Gasteiger partial charge >= 0.3 is 0 Å². The third kappa shape index (κ3) is 3.57. The maximum atomic E-state index is 10.9. The summed E-state index contributed by atoms with van der Waals surface area (Å²) < 4.78 is 27.2. The summed E-state index contributed by atoms with van der Waals surface area (Å²) in [4.78, 5) is 0.0581. The molecular weight excluding hydrogens is 236 g/mol. The van der Waals surface area contributed by atoms with E-state index in [9.17, 15) is 8.42 Å². The Morgan fingerprint density at radius 2 is 1.93 bits per heavy atom. The summed E-state index contributed by atoms with van der Waals surface area (Å²) in [5.41, 5.74) is 0. The van der Waals surface area contributed by atoms with Crippen LogP contribution >= 0.6 is 10.7 Å². The molecule has 1 unspecified atom stereocenters. The number of hydrogen-bond donors (Lipinski definition) is 0. The smallest absolute Gasteiger partial charge is 0.261 e. The molecule has 1 rings (SSSR count). The highest BCUT2D eigenvalue weighted by atomic mass is 35.7. The van der Waals surface area contributed by atoms with Crippen molar-refractivity contribution in [3.8, 4) is 5.75 Å². The van der Waals surface area contributed by atoms with Crippen molar-refractivity contribution in [1.29, 1.82) is 0 Å². The first-order valence-corrected chi connectivity index (χ1v) is 6.58. The minimum Gasteiger partial charge on any atom is -0.487 e.